The molecule has 0 amide bonds. The number of nitrogens with zero attached hydrogens (tertiary/aromatic N) is 1. The molecule has 5 rings (SSSR count). The van der Waals surface area contributed by atoms with E-state index in [-0.39, 0.29) is 0 Å². The van der Waals surface area contributed by atoms with Crippen molar-refractivity contribution >= 4 is 0 Å². The molecule has 1 aromatic rings. The average Bonchev–Trinajstić information content (AvgIpc) is 2.38. The minimum Gasteiger partial charge on any atom is -0.198 e. The lowest BCUT2D eigenvalue weighted by molar-refractivity contribution is -0.00552. The molecule has 1 heteroatoms. The van der Waals surface area contributed by atoms with Gasteiger partial charge in [-0.15, -0.1) is 0 Å². The zero-order chi connectivity index (χ0) is 12.9. The van der Waals surface area contributed by atoms with E-state index in [4.69, 9.17) is 5.26 Å². The van der Waals surface area contributed by atoms with Crippen molar-refractivity contribution in [3.8, 4) is 6.07 Å². The summed E-state index contributed by atoms with van der Waals surface area (Å²) >= 11 is 0. The molecule has 0 atom stereocenters. The standard InChI is InChI=1S/C18H21N/c19-6-5-16-3-1-2-4-17(16)18-10-13-7-14(11-18)9-15(8-13)12-18/h1-4,13-15H,5,7-12H2. The molecule has 4 fully saturated rings. The lowest BCUT2D eigenvalue weighted by atomic mass is 9.47. The Bertz CT molecular complexity index is 502. The topological polar surface area (TPSA) is 23.8 Å². The highest BCUT2D eigenvalue weighted by atomic mass is 14.6. The fourth-order valence-electron chi connectivity index (χ4n) is 5.72. The van der Waals surface area contributed by atoms with Crippen LogP contribution in [0.3, 0.4) is 0 Å². The minimum absolute atomic E-state index is 0.433. The number of hydrogen-bond donors (Lipinski definition) is 0. The van der Waals surface area contributed by atoms with Gasteiger partial charge in [-0.2, -0.15) is 5.26 Å². The predicted octanol–water partition coefficient (Wildman–Crippen LogP) is 4.22. The fourth-order valence-corrected chi connectivity index (χ4v) is 5.72. The Morgan fingerprint density at radius 1 is 1.00 bits per heavy atom. The second-order valence-corrected chi connectivity index (χ2v) is 7.19. The van der Waals surface area contributed by atoms with Crippen LogP contribution in [-0.2, 0) is 11.8 Å². The Morgan fingerprint density at radius 2 is 1.58 bits per heavy atom. The van der Waals surface area contributed by atoms with E-state index in [1.807, 2.05) is 0 Å². The largest absolute Gasteiger partial charge is 0.198 e. The van der Waals surface area contributed by atoms with Crippen molar-refractivity contribution in [1.82, 2.24) is 0 Å². The molecule has 1 nitrogen and oxygen atoms in total. The van der Waals surface area contributed by atoms with E-state index in [2.05, 4.69) is 30.3 Å². The molecule has 98 valence electrons. The Balaban J connectivity index is 1.78. The first-order valence-electron chi connectivity index (χ1n) is 7.74. The van der Waals surface area contributed by atoms with Gasteiger partial charge in [-0.1, -0.05) is 24.3 Å². The molecule has 0 heterocycles. The van der Waals surface area contributed by atoms with Crippen LogP contribution in [0.5, 0.6) is 0 Å². The zero-order valence-corrected chi connectivity index (χ0v) is 11.4. The van der Waals surface area contributed by atoms with Crippen LogP contribution in [0.25, 0.3) is 0 Å². The first-order valence-corrected chi connectivity index (χ1v) is 7.74. The first-order chi connectivity index (χ1) is 9.29. The number of rotatable bonds is 2. The fraction of sp³-hybridized carbons (Fsp3) is 0.611. The summed E-state index contributed by atoms with van der Waals surface area (Å²) in [5.41, 5.74) is 3.25. The maximum Gasteiger partial charge on any atom is 0.0669 e. The average molecular weight is 251 g/mol. The molecular formula is C18H21N. The maximum absolute atomic E-state index is 9.08. The van der Waals surface area contributed by atoms with Crippen molar-refractivity contribution in [2.45, 2.75) is 50.4 Å². The van der Waals surface area contributed by atoms with Crippen LogP contribution >= 0.6 is 0 Å². The molecule has 4 saturated carbocycles. The minimum atomic E-state index is 0.433. The van der Waals surface area contributed by atoms with Gasteiger partial charge in [0.25, 0.3) is 0 Å². The number of benzene rings is 1. The van der Waals surface area contributed by atoms with Gasteiger partial charge in [0, 0.05) is 0 Å². The zero-order valence-electron chi connectivity index (χ0n) is 11.4. The van der Waals surface area contributed by atoms with Gasteiger partial charge in [-0.05, 0) is 72.8 Å². The van der Waals surface area contributed by atoms with Gasteiger partial charge >= 0.3 is 0 Å². The molecule has 1 aromatic carbocycles. The third-order valence-corrected chi connectivity index (χ3v) is 5.90. The van der Waals surface area contributed by atoms with Crippen molar-refractivity contribution < 1.29 is 0 Å². The van der Waals surface area contributed by atoms with E-state index in [0.717, 1.165) is 17.8 Å². The Labute approximate surface area is 115 Å². The van der Waals surface area contributed by atoms with Crippen molar-refractivity contribution in [3.63, 3.8) is 0 Å². The molecule has 0 spiro atoms. The molecule has 0 unspecified atom stereocenters. The molecule has 4 aliphatic rings. The number of nitriles is 1. The van der Waals surface area contributed by atoms with Crippen LogP contribution in [0, 0.1) is 29.1 Å². The van der Waals surface area contributed by atoms with Gasteiger partial charge in [-0.3, -0.25) is 0 Å². The molecule has 0 N–H and O–H groups in total. The highest BCUT2D eigenvalue weighted by molar-refractivity contribution is 5.38. The summed E-state index contributed by atoms with van der Waals surface area (Å²) in [5, 5.41) is 9.08. The molecule has 0 aliphatic heterocycles. The van der Waals surface area contributed by atoms with Crippen molar-refractivity contribution in [2.24, 2.45) is 17.8 Å². The third-order valence-electron chi connectivity index (χ3n) is 5.90. The van der Waals surface area contributed by atoms with Crippen molar-refractivity contribution in [3.05, 3.63) is 35.4 Å². The lowest BCUT2D eigenvalue weighted by Crippen LogP contribution is -2.48. The molecular weight excluding hydrogens is 230 g/mol. The molecule has 4 bridgehead atoms. The van der Waals surface area contributed by atoms with Gasteiger partial charge in [0.15, 0.2) is 0 Å². The lowest BCUT2D eigenvalue weighted by Gasteiger charge is -2.57. The Morgan fingerprint density at radius 3 is 2.16 bits per heavy atom. The van der Waals surface area contributed by atoms with Crippen LogP contribution in [-0.4, -0.2) is 0 Å². The summed E-state index contributed by atoms with van der Waals surface area (Å²) in [6.45, 7) is 0. The van der Waals surface area contributed by atoms with Gasteiger partial charge < -0.3 is 0 Å². The summed E-state index contributed by atoms with van der Waals surface area (Å²) in [6.07, 6.45) is 9.21. The molecule has 4 aliphatic carbocycles. The highest BCUT2D eigenvalue weighted by Crippen LogP contribution is 2.61. The summed E-state index contributed by atoms with van der Waals surface area (Å²) in [5.74, 6) is 2.92. The molecule has 19 heavy (non-hydrogen) atoms. The summed E-state index contributed by atoms with van der Waals surface area (Å²) in [7, 11) is 0. The van der Waals surface area contributed by atoms with Crippen molar-refractivity contribution in [1.29, 1.82) is 5.26 Å². The SMILES string of the molecule is N#CCc1ccccc1C12CC3CC(CC(C3)C1)C2. The van der Waals surface area contributed by atoms with Crippen LogP contribution in [0.15, 0.2) is 24.3 Å². The van der Waals surface area contributed by atoms with Crippen molar-refractivity contribution in [2.75, 3.05) is 0 Å². The quantitative estimate of drug-likeness (QED) is 0.772. The summed E-state index contributed by atoms with van der Waals surface area (Å²) in [6, 6.07) is 11.1. The van der Waals surface area contributed by atoms with E-state index < -0.39 is 0 Å². The second kappa shape index (κ2) is 4.10. The number of hydrogen-bond acceptors (Lipinski definition) is 1. The van der Waals surface area contributed by atoms with E-state index >= 15 is 0 Å². The predicted molar refractivity (Wildman–Crippen MR) is 75.6 cm³/mol. The smallest absolute Gasteiger partial charge is 0.0669 e. The summed E-state index contributed by atoms with van der Waals surface area (Å²) in [4.78, 5) is 0. The van der Waals surface area contributed by atoms with E-state index in [1.165, 1.54) is 49.7 Å². The first kappa shape index (κ1) is 11.5. The van der Waals surface area contributed by atoms with Crippen LogP contribution < -0.4 is 0 Å². The molecule has 0 radical (unpaired) electrons. The summed E-state index contributed by atoms with van der Waals surface area (Å²) < 4.78 is 0. The van der Waals surface area contributed by atoms with Gasteiger partial charge in [0.1, 0.15) is 0 Å². The molecule has 0 aromatic heterocycles. The Hall–Kier alpha value is -1.29. The van der Waals surface area contributed by atoms with Gasteiger partial charge in [0.05, 0.1) is 12.5 Å². The second-order valence-electron chi connectivity index (χ2n) is 7.19. The monoisotopic (exact) mass is 251 g/mol. The van der Waals surface area contributed by atoms with Crippen LogP contribution in [0.2, 0.25) is 0 Å². The molecule has 0 saturated heterocycles. The third kappa shape index (κ3) is 1.73. The van der Waals surface area contributed by atoms with E-state index in [0.29, 0.717) is 11.8 Å². The Kier molecular flexibility index (Phi) is 2.49. The van der Waals surface area contributed by atoms with Crippen LogP contribution in [0.1, 0.15) is 49.7 Å². The van der Waals surface area contributed by atoms with Gasteiger partial charge in [0.2, 0.25) is 0 Å². The maximum atomic E-state index is 9.08. The normalized spacial score (nSPS) is 39.2. The van der Waals surface area contributed by atoms with E-state index in [1.54, 1.807) is 0 Å². The van der Waals surface area contributed by atoms with Gasteiger partial charge in [-0.25, -0.2) is 0 Å². The highest BCUT2D eigenvalue weighted by Gasteiger charge is 2.51. The van der Waals surface area contributed by atoms with E-state index in [9.17, 15) is 0 Å². The van der Waals surface area contributed by atoms with Crippen LogP contribution in [0.4, 0.5) is 0 Å².